The maximum Gasteiger partial charge on any atom is 0.119 e. The van der Waals surface area contributed by atoms with E-state index in [1.807, 2.05) is 41.9 Å². The number of hydrogen-bond donors (Lipinski definition) is 1. The molecule has 0 saturated heterocycles. The van der Waals surface area contributed by atoms with Crippen molar-refractivity contribution in [3.63, 3.8) is 0 Å². The number of methoxy groups -OCH3 is 2. The fraction of sp³-hybridized carbons (Fsp3) is 0.348. The molecule has 3 aromatic rings. The molecule has 1 atom stereocenters. The second-order valence-electron chi connectivity index (χ2n) is 7.26. The summed E-state index contributed by atoms with van der Waals surface area (Å²) >= 11 is 0. The third-order valence-electron chi connectivity index (χ3n) is 4.94. The quantitative estimate of drug-likeness (QED) is 0.585. The Morgan fingerprint density at radius 1 is 1.04 bits per heavy atom. The Balaban J connectivity index is 2.05. The number of ether oxygens (including phenoxy) is 2. The average Bonchev–Trinajstić information content (AvgIpc) is 3.15. The van der Waals surface area contributed by atoms with Gasteiger partial charge in [-0.15, -0.1) is 0 Å². The predicted molar refractivity (Wildman–Crippen MR) is 111 cm³/mol. The molecule has 2 aromatic carbocycles. The van der Waals surface area contributed by atoms with Crippen LogP contribution in [-0.2, 0) is 10.3 Å². The van der Waals surface area contributed by atoms with Crippen LogP contribution in [0, 0.1) is 6.92 Å². The minimum atomic E-state index is -1.03. The maximum atomic E-state index is 11.0. The summed E-state index contributed by atoms with van der Waals surface area (Å²) in [5, 5.41) is 15.8. The van der Waals surface area contributed by atoms with E-state index in [0.29, 0.717) is 18.7 Å². The molecule has 1 unspecified atom stereocenters. The largest absolute Gasteiger partial charge is 0.497 e. The van der Waals surface area contributed by atoms with E-state index < -0.39 is 5.60 Å². The minimum Gasteiger partial charge on any atom is -0.497 e. The molecule has 1 N–H and O–H groups in total. The first-order chi connectivity index (χ1) is 13.4. The molecule has 0 amide bonds. The van der Waals surface area contributed by atoms with Gasteiger partial charge >= 0.3 is 0 Å². The molecule has 5 heteroatoms. The van der Waals surface area contributed by atoms with Crippen LogP contribution in [0.5, 0.6) is 5.75 Å². The summed E-state index contributed by atoms with van der Waals surface area (Å²) in [4.78, 5) is 0. The molecular formula is C23H28N2O3. The molecular weight excluding hydrogens is 352 g/mol. The van der Waals surface area contributed by atoms with Gasteiger partial charge in [-0.05, 0) is 57.0 Å². The zero-order chi connectivity index (χ0) is 20.1. The van der Waals surface area contributed by atoms with Crippen molar-refractivity contribution >= 4 is 0 Å². The van der Waals surface area contributed by atoms with Crippen LogP contribution in [0.4, 0.5) is 0 Å². The standard InChI is InChI=1S/C23H28N2O3/c1-17-6-8-18(9-7-17)21-16-22(23(2,26)14-5-15-27-3)24-25(21)19-10-12-20(28-4)13-11-19/h6-13,16,26H,5,14-15H2,1-4H3. The van der Waals surface area contributed by atoms with E-state index >= 15 is 0 Å². The van der Waals surface area contributed by atoms with Gasteiger partial charge in [0.25, 0.3) is 0 Å². The molecule has 0 aliphatic rings. The van der Waals surface area contributed by atoms with Gasteiger partial charge in [-0.1, -0.05) is 29.8 Å². The van der Waals surface area contributed by atoms with Crippen LogP contribution in [0.25, 0.3) is 16.9 Å². The van der Waals surface area contributed by atoms with Crippen LogP contribution in [-0.4, -0.2) is 35.7 Å². The Bertz CT molecular complexity index is 897. The van der Waals surface area contributed by atoms with Crippen molar-refractivity contribution in [2.45, 2.75) is 32.3 Å². The monoisotopic (exact) mass is 380 g/mol. The minimum absolute atomic E-state index is 0.577. The van der Waals surface area contributed by atoms with Gasteiger partial charge in [-0.3, -0.25) is 0 Å². The molecule has 5 nitrogen and oxygen atoms in total. The highest BCUT2D eigenvalue weighted by Gasteiger charge is 2.28. The molecule has 28 heavy (non-hydrogen) atoms. The van der Waals surface area contributed by atoms with Crippen LogP contribution in [0.3, 0.4) is 0 Å². The number of benzene rings is 2. The Morgan fingerprint density at radius 2 is 1.71 bits per heavy atom. The Labute approximate surface area is 166 Å². The second-order valence-corrected chi connectivity index (χ2v) is 7.26. The molecule has 1 aromatic heterocycles. The van der Waals surface area contributed by atoms with Crippen LogP contribution >= 0.6 is 0 Å². The van der Waals surface area contributed by atoms with Gasteiger partial charge in [0.15, 0.2) is 0 Å². The van der Waals surface area contributed by atoms with Gasteiger partial charge in [0.1, 0.15) is 11.4 Å². The smallest absolute Gasteiger partial charge is 0.119 e. The van der Waals surface area contributed by atoms with Gasteiger partial charge in [0, 0.05) is 19.3 Å². The Kier molecular flexibility index (Phi) is 6.17. The van der Waals surface area contributed by atoms with E-state index in [1.165, 1.54) is 5.56 Å². The predicted octanol–water partition coefficient (Wildman–Crippen LogP) is 4.49. The van der Waals surface area contributed by atoms with Crippen molar-refractivity contribution in [3.05, 3.63) is 65.9 Å². The number of rotatable bonds is 8. The van der Waals surface area contributed by atoms with Crippen LogP contribution in [0.1, 0.15) is 31.0 Å². The van der Waals surface area contributed by atoms with Crippen LogP contribution in [0.15, 0.2) is 54.6 Å². The number of aliphatic hydroxyl groups is 1. The van der Waals surface area contributed by atoms with Crippen LogP contribution < -0.4 is 4.74 Å². The summed E-state index contributed by atoms with van der Waals surface area (Å²) in [5.74, 6) is 0.791. The number of aryl methyl sites for hydroxylation is 1. The van der Waals surface area contributed by atoms with Crippen molar-refractivity contribution in [2.75, 3.05) is 20.8 Å². The Hall–Kier alpha value is -2.63. The topological polar surface area (TPSA) is 56.5 Å². The number of aromatic nitrogens is 2. The SMILES string of the molecule is COCCCC(C)(O)c1cc(-c2ccc(C)cc2)n(-c2ccc(OC)cc2)n1. The molecule has 1 heterocycles. The zero-order valence-corrected chi connectivity index (χ0v) is 17.0. The molecule has 0 bridgehead atoms. The molecule has 0 saturated carbocycles. The normalized spacial score (nSPS) is 13.3. The fourth-order valence-electron chi connectivity index (χ4n) is 3.18. The van der Waals surface area contributed by atoms with E-state index in [1.54, 1.807) is 14.2 Å². The summed E-state index contributed by atoms with van der Waals surface area (Å²) in [6.07, 6.45) is 1.34. The first kappa shape index (κ1) is 20.1. The summed E-state index contributed by atoms with van der Waals surface area (Å²) in [6, 6.07) is 18.0. The summed E-state index contributed by atoms with van der Waals surface area (Å²) in [5.41, 5.74) is 3.71. The first-order valence-corrected chi connectivity index (χ1v) is 9.48. The fourth-order valence-corrected chi connectivity index (χ4v) is 3.18. The van der Waals surface area contributed by atoms with Crippen molar-refractivity contribution in [3.8, 4) is 22.7 Å². The van der Waals surface area contributed by atoms with Crippen molar-refractivity contribution in [1.82, 2.24) is 9.78 Å². The maximum absolute atomic E-state index is 11.0. The van der Waals surface area contributed by atoms with E-state index in [-0.39, 0.29) is 0 Å². The van der Waals surface area contributed by atoms with E-state index in [9.17, 15) is 5.11 Å². The third-order valence-corrected chi connectivity index (χ3v) is 4.94. The van der Waals surface area contributed by atoms with Crippen LogP contribution in [0.2, 0.25) is 0 Å². The lowest BCUT2D eigenvalue weighted by molar-refractivity contribution is 0.0328. The third kappa shape index (κ3) is 4.43. The van der Waals surface area contributed by atoms with E-state index in [4.69, 9.17) is 14.6 Å². The number of nitrogens with zero attached hydrogens (tertiary/aromatic N) is 2. The van der Waals surface area contributed by atoms with Gasteiger partial charge in [-0.25, -0.2) is 4.68 Å². The molecule has 0 radical (unpaired) electrons. The highest BCUT2D eigenvalue weighted by molar-refractivity contribution is 5.63. The molecule has 0 aliphatic carbocycles. The van der Waals surface area contributed by atoms with Gasteiger partial charge < -0.3 is 14.6 Å². The highest BCUT2D eigenvalue weighted by atomic mass is 16.5. The molecule has 0 aliphatic heterocycles. The average molecular weight is 380 g/mol. The van der Waals surface area contributed by atoms with Gasteiger partial charge in [-0.2, -0.15) is 5.10 Å². The summed E-state index contributed by atoms with van der Waals surface area (Å²) in [7, 11) is 3.32. The second kappa shape index (κ2) is 8.59. The van der Waals surface area contributed by atoms with Crippen molar-refractivity contribution in [2.24, 2.45) is 0 Å². The zero-order valence-electron chi connectivity index (χ0n) is 17.0. The lowest BCUT2D eigenvalue weighted by Crippen LogP contribution is -2.22. The van der Waals surface area contributed by atoms with E-state index in [0.717, 1.165) is 29.1 Å². The summed E-state index contributed by atoms with van der Waals surface area (Å²) in [6.45, 7) is 4.49. The lowest BCUT2D eigenvalue weighted by Gasteiger charge is -2.20. The van der Waals surface area contributed by atoms with Gasteiger partial charge in [0.2, 0.25) is 0 Å². The summed E-state index contributed by atoms with van der Waals surface area (Å²) < 4.78 is 12.3. The molecule has 0 fully saturated rings. The van der Waals surface area contributed by atoms with Gasteiger partial charge in [0.05, 0.1) is 24.2 Å². The molecule has 3 rings (SSSR count). The van der Waals surface area contributed by atoms with E-state index in [2.05, 4.69) is 31.2 Å². The number of hydrogen-bond acceptors (Lipinski definition) is 4. The van der Waals surface area contributed by atoms with Crippen molar-refractivity contribution < 1.29 is 14.6 Å². The lowest BCUT2D eigenvalue weighted by atomic mass is 9.95. The molecule has 0 spiro atoms. The Morgan fingerprint density at radius 3 is 2.32 bits per heavy atom. The molecule has 148 valence electrons. The van der Waals surface area contributed by atoms with Crippen molar-refractivity contribution in [1.29, 1.82) is 0 Å². The first-order valence-electron chi connectivity index (χ1n) is 9.48. The highest BCUT2D eigenvalue weighted by Crippen LogP contribution is 2.31.